The topological polar surface area (TPSA) is 133 Å². The van der Waals surface area contributed by atoms with Crippen molar-refractivity contribution in [1.82, 2.24) is 9.78 Å². The standard InChI is InChI=1S/C25H22N4O5S/c1-17(24(30)27-19-12-14-21(15-13-19)35(26,32)33)34-25(31)22-16-29(20-10-6-3-7-11-20)28-23(22)18-8-4-2-5-9-18/h2-17H,1H3,(H,27,30)(H2,26,32,33). The molecule has 0 spiro atoms. The van der Waals surface area contributed by atoms with E-state index in [-0.39, 0.29) is 10.5 Å². The molecule has 0 saturated carbocycles. The van der Waals surface area contributed by atoms with Crippen LogP contribution in [0.4, 0.5) is 5.69 Å². The Morgan fingerprint density at radius 1 is 0.943 bits per heavy atom. The van der Waals surface area contributed by atoms with Crippen molar-refractivity contribution in [2.45, 2.75) is 17.9 Å². The average molecular weight is 491 g/mol. The minimum absolute atomic E-state index is 0.0844. The lowest BCUT2D eigenvalue weighted by Crippen LogP contribution is -2.30. The molecule has 10 heteroatoms. The van der Waals surface area contributed by atoms with E-state index >= 15 is 0 Å². The van der Waals surface area contributed by atoms with E-state index in [0.717, 1.165) is 11.3 Å². The van der Waals surface area contributed by atoms with Crippen LogP contribution in [0.1, 0.15) is 17.3 Å². The molecule has 1 atom stereocenters. The van der Waals surface area contributed by atoms with Gasteiger partial charge in [0.15, 0.2) is 6.10 Å². The Hall–Kier alpha value is -4.28. The number of sulfonamides is 1. The molecule has 0 aliphatic heterocycles. The summed E-state index contributed by atoms with van der Waals surface area (Å²) >= 11 is 0. The third-order valence-corrected chi connectivity index (χ3v) is 6.03. The molecular formula is C25H22N4O5S. The fraction of sp³-hybridized carbons (Fsp3) is 0.0800. The fourth-order valence-corrected chi connectivity index (χ4v) is 3.81. The van der Waals surface area contributed by atoms with E-state index in [0.29, 0.717) is 11.4 Å². The molecule has 4 aromatic rings. The van der Waals surface area contributed by atoms with E-state index in [1.807, 2.05) is 60.7 Å². The largest absolute Gasteiger partial charge is 0.449 e. The van der Waals surface area contributed by atoms with Crippen LogP contribution in [0.25, 0.3) is 16.9 Å². The summed E-state index contributed by atoms with van der Waals surface area (Å²) in [6, 6.07) is 23.8. The lowest BCUT2D eigenvalue weighted by molar-refractivity contribution is -0.123. The van der Waals surface area contributed by atoms with E-state index in [9.17, 15) is 18.0 Å². The van der Waals surface area contributed by atoms with E-state index in [4.69, 9.17) is 9.88 Å². The Morgan fingerprint density at radius 3 is 2.14 bits per heavy atom. The summed E-state index contributed by atoms with van der Waals surface area (Å²) in [5.74, 6) is -1.29. The molecule has 0 radical (unpaired) electrons. The van der Waals surface area contributed by atoms with Gasteiger partial charge in [-0.05, 0) is 43.3 Å². The average Bonchev–Trinajstić information content (AvgIpc) is 3.31. The van der Waals surface area contributed by atoms with Gasteiger partial charge in [0.05, 0.1) is 10.6 Å². The van der Waals surface area contributed by atoms with E-state index in [1.165, 1.54) is 31.2 Å². The highest BCUT2D eigenvalue weighted by atomic mass is 32.2. The maximum atomic E-state index is 13.1. The molecule has 1 unspecified atom stereocenters. The van der Waals surface area contributed by atoms with Crippen molar-refractivity contribution in [2.75, 3.05) is 5.32 Å². The molecule has 1 amide bonds. The number of carbonyl (C=O) groups excluding carboxylic acids is 2. The number of benzene rings is 3. The summed E-state index contributed by atoms with van der Waals surface area (Å²) in [4.78, 5) is 25.6. The Kier molecular flexibility index (Phi) is 6.76. The first-order valence-electron chi connectivity index (χ1n) is 10.6. The molecule has 4 rings (SSSR count). The van der Waals surface area contributed by atoms with Crippen molar-refractivity contribution in [2.24, 2.45) is 5.14 Å². The van der Waals surface area contributed by atoms with Crippen LogP contribution in [-0.4, -0.2) is 36.2 Å². The summed E-state index contributed by atoms with van der Waals surface area (Å²) in [7, 11) is -3.85. The van der Waals surface area contributed by atoms with Crippen molar-refractivity contribution in [3.63, 3.8) is 0 Å². The second kappa shape index (κ2) is 9.92. The lowest BCUT2D eigenvalue weighted by Gasteiger charge is -2.13. The summed E-state index contributed by atoms with van der Waals surface area (Å²) < 4.78 is 29.8. The van der Waals surface area contributed by atoms with Gasteiger partial charge >= 0.3 is 5.97 Å². The van der Waals surface area contributed by atoms with Gasteiger partial charge < -0.3 is 10.1 Å². The van der Waals surface area contributed by atoms with Gasteiger partial charge in [-0.15, -0.1) is 0 Å². The monoisotopic (exact) mass is 490 g/mol. The second-order valence-corrected chi connectivity index (χ2v) is 9.21. The second-order valence-electron chi connectivity index (χ2n) is 7.64. The molecule has 0 saturated heterocycles. The zero-order chi connectivity index (χ0) is 25.0. The van der Waals surface area contributed by atoms with Crippen molar-refractivity contribution in [3.8, 4) is 16.9 Å². The molecule has 9 nitrogen and oxygen atoms in total. The summed E-state index contributed by atoms with van der Waals surface area (Å²) in [6.45, 7) is 1.44. The Balaban J connectivity index is 1.53. The number of nitrogens with one attached hydrogen (secondary N) is 1. The predicted molar refractivity (Wildman–Crippen MR) is 130 cm³/mol. The Morgan fingerprint density at radius 2 is 1.54 bits per heavy atom. The van der Waals surface area contributed by atoms with Gasteiger partial charge in [-0.1, -0.05) is 48.5 Å². The van der Waals surface area contributed by atoms with E-state index in [1.54, 1.807) is 10.9 Å². The van der Waals surface area contributed by atoms with Crippen LogP contribution < -0.4 is 10.5 Å². The van der Waals surface area contributed by atoms with Crippen LogP contribution in [0.15, 0.2) is 96.0 Å². The summed E-state index contributed by atoms with van der Waals surface area (Å²) in [5.41, 5.74) is 2.44. The van der Waals surface area contributed by atoms with Crippen LogP contribution in [0.2, 0.25) is 0 Å². The molecule has 0 bridgehead atoms. The first-order chi connectivity index (χ1) is 16.7. The molecule has 1 aromatic heterocycles. The number of hydrogen-bond acceptors (Lipinski definition) is 6. The van der Waals surface area contributed by atoms with Crippen LogP contribution >= 0.6 is 0 Å². The highest BCUT2D eigenvalue weighted by molar-refractivity contribution is 7.89. The summed E-state index contributed by atoms with van der Waals surface area (Å²) in [6.07, 6.45) is 0.431. The number of nitrogens with two attached hydrogens (primary N) is 1. The minimum atomic E-state index is -3.85. The first kappa shape index (κ1) is 23.9. The number of hydrogen-bond donors (Lipinski definition) is 2. The van der Waals surface area contributed by atoms with E-state index < -0.39 is 28.0 Å². The number of amides is 1. The van der Waals surface area contributed by atoms with Crippen molar-refractivity contribution in [3.05, 3.63) is 96.7 Å². The number of esters is 1. The zero-order valence-corrected chi connectivity index (χ0v) is 19.5. The molecule has 3 aromatic carbocycles. The van der Waals surface area contributed by atoms with Gasteiger partial charge in [-0.3, -0.25) is 4.79 Å². The quantitative estimate of drug-likeness (QED) is 0.382. The molecule has 35 heavy (non-hydrogen) atoms. The van der Waals surface area contributed by atoms with Crippen LogP contribution in [-0.2, 0) is 19.6 Å². The van der Waals surface area contributed by atoms with Gasteiger partial charge in [0.1, 0.15) is 11.3 Å². The number of aromatic nitrogens is 2. The molecular weight excluding hydrogens is 468 g/mol. The third-order valence-electron chi connectivity index (χ3n) is 5.11. The maximum Gasteiger partial charge on any atom is 0.342 e. The number of nitrogens with zero attached hydrogens (tertiary/aromatic N) is 2. The zero-order valence-electron chi connectivity index (χ0n) is 18.7. The smallest absolute Gasteiger partial charge is 0.342 e. The SMILES string of the molecule is CC(OC(=O)c1cn(-c2ccccc2)nc1-c1ccccc1)C(=O)Nc1ccc(S(N)(=O)=O)cc1. The Labute approximate surface area is 202 Å². The van der Waals surface area contributed by atoms with E-state index in [2.05, 4.69) is 10.4 Å². The first-order valence-corrected chi connectivity index (χ1v) is 12.1. The normalized spacial score (nSPS) is 12.1. The maximum absolute atomic E-state index is 13.1. The molecule has 3 N–H and O–H groups in total. The fourth-order valence-electron chi connectivity index (χ4n) is 3.29. The van der Waals surface area contributed by atoms with Gasteiger partial charge in [-0.25, -0.2) is 23.0 Å². The molecule has 0 aliphatic rings. The minimum Gasteiger partial charge on any atom is -0.449 e. The number of carbonyl (C=O) groups is 2. The molecule has 178 valence electrons. The number of primary sulfonamides is 1. The summed E-state index contributed by atoms with van der Waals surface area (Å²) in [5, 5.41) is 12.2. The molecule has 0 aliphatic carbocycles. The highest BCUT2D eigenvalue weighted by Gasteiger charge is 2.24. The van der Waals surface area contributed by atoms with Gasteiger partial charge in [-0.2, -0.15) is 5.10 Å². The number of anilines is 1. The number of ether oxygens (including phenoxy) is 1. The van der Waals surface area contributed by atoms with Gasteiger partial charge in [0, 0.05) is 17.4 Å². The third kappa shape index (κ3) is 5.62. The molecule has 0 fully saturated rings. The van der Waals surface area contributed by atoms with Crippen LogP contribution in [0, 0.1) is 0 Å². The molecule has 1 heterocycles. The van der Waals surface area contributed by atoms with Gasteiger partial charge in [0.2, 0.25) is 10.0 Å². The highest BCUT2D eigenvalue weighted by Crippen LogP contribution is 2.25. The van der Waals surface area contributed by atoms with Crippen LogP contribution in [0.5, 0.6) is 0 Å². The number of para-hydroxylation sites is 1. The van der Waals surface area contributed by atoms with Crippen molar-refractivity contribution in [1.29, 1.82) is 0 Å². The van der Waals surface area contributed by atoms with Gasteiger partial charge in [0.25, 0.3) is 5.91 Å². The van der Waals surface area contributed by atoms with Crippen molar-refractivity contribution < 1.29 is 22.7 Å². The Bertz CT molecular complexity index is 1450. The van der Waals surface area contributed by atoms with Crippen molar-refractivity contribution >= 4 is 27.6 Å². The van der Waals surface area contributed by atoms with Crippen LogP contribution in [0.3, 0.4) is 0 Å². The predicted octanol–water partition coefficient (Wildman–Crippen LogP) is 3.37. The lowest BCUT2D eigenvalue weighted by atomic mass is 10.1. The number of rotatable bonds is 7.